The lowest BCUT2D eigenvalue weighted by Gasteiger charge is -2.10. The van der Waals surface area contributed by atoms with E-state index >= 15 is 0 Å². The summed E-state index contributed by atoms with van der Waals surface area (Å²) in [5, 5.41) is 4.86. The molecule has 3 aromatic rings. The summed E-state index contributed by atoms with van der Waals surface area (Å²) in [7, 11) is 0. The van der Waals surface area contributed by atoms with Crippen LogP contribution >= 0.6 is 11.6 Å². The molecule has 0 saturated heterocycles. The number of pyridine rings is 1. The maximum absolute atomic E-state index is 13.6. The minimum absolute atomic E-state index is 0.207. The third-order valence-corrected chi connectivity index (χ3v) is 3.37. The van der Waals surface area contributed by atoms with Crippen molar-refractivity contribution in [2.45, 2.75) is 6.54 Å². The number of benzene rings is 2. The van der Waals surface area contributed by atoms with Gasteiger partial charge in [0, 0.05) is 34.4 Å². The Morgan fingerprint density at radius 2 is 1.95 bits per heavy atom. The van der Waals surface area contributed by atoms with Crippen LogP contribution in [0.1, 0.15) is 5.56 Å². The summed E-state index contributed by atoms with van der Waals surface area (Å²) in [5.41, 5.74) is 2.36. The Bertz CT molecular complexity index is 758. The van der Waals surface area contributed by atoms with E-state index in [9.17, 15) is 4.39 Å². The molecule has 20 heavy (non-hydrogen) atoms. The van der Waals surface area contributed by atoms with E-state index < -0.39 is 0 Å². The molecule has 0 amide bonds. The van der Waals surface area contributed by atoms with Crippen LogP contribution in [0.2, 0.25) is 5.02 Å². The number of fused-ring (bicyclic) bond motifs is 1. The van der Waals surface area contributed by atoms with Gasteiger partial charge in [0.1, 0.15) is 5.82 Å². The Morgan fingerprint density at radius 3 is 2.80 bits per heavy atom. The summed E-state index contributed by atoms with van der Waals surface area (Å²) >= 11 is 5.95. The van der Waals surface area contributed by atoms with Gasteiger partial charge in [0.15, 0.2) is 0 Å². The molecule has 0 fully saturated rings. The summed E-state index contributed by atoms with van der Waals surface area (Å²) in [5.74, 6) is -0.207. The highest BCUT2D eigenvalue weighted by atomic mass is 35.5. The fraction of sp³-hybridized carbons (Fsp3) is 0.0625. The average molecular weight is 287 g/mol. The predicted molar refractivity (Wildman–Crippen MR) is 80.5 cm³/mol. The highest BCUT2D eigenvalue weighted by molar-refractivity contribution is 6.31. The van der Waals surface area contributed by atoms with E-state index in [1.54, 1.807) is 18.3 Å². The molecule has 2 aromatic carbocycles. The molecule has 0 aliphatic heterocycles. The van der Waals surface area contributed by atoms with Crippen LogP contribution in [0.25, 0.3) is 10.9 Å². The third kappa shape index (κ3) is 2.58. The number of halogens is 2. The van der Waals surface area contributed by atoms with Gasteiger partial charge in [0.25, 0.3) is 0 Å². The Hall–Kier alpha value is -2.13. The van der Waals surface area contributed by atoms with Crippen LogP contribution in [0.5, 0.6) is 0 Å². The Labute approximate surface area is 121 Å². The number of nitrogens with one attached hydrogen (secondary N) is 1. The van der Waals surface area contributed by atoms with Crippen LogP contribution in [0.15, 0.2) is 54.7 Å². The molecule has 0 saturated carbocycles. The van der Waals surface area contributed by atoms with Crippen molar-refractivity contribution in [3.63, 3.8) is 0 Å². The monoisotopic (exact) mass is 286 g/mol. The standard InChI is InChI=1S/C16H12ClFN2/c17-12-5-6-13-15(7-8-19-16(13)9-12)20-10-11-3-1-2-4-14(11)18/h1-9H,10H2,(H,19,20). The number of hydrogen-bond acceptors (Lipinski definition) is 2. The van der Waals surface area contributed by atoms with Crippen LogP contribution in [0.3, 0.4) is 0 Å². The number of rotatable bonds is 3. The molecular formula is C16H12ClFN2. The van der Waals surface area contributed by atoms with Gasteiger partial charge in [-0.2, -0.15) is 0 Å². The highest BCUT2D eigenvalue weighted by Crippen LogP contribution is 2.24. The fourth-order valence-corrected chi connectivity index (χ4v) is 2.27. The Morgan fingerprint density at radius 1 is 1.10 bits per heavy atom. The quantitative estimate of drug-likeness (QED) is 0.759. The second-order valence-corrected chi connectivity index (χ2v) is 4.90. The fourth-order valence-electron chi connectivity index (χ4n) is 2.11. The van der Waals surface area contributed by atoms with Crippen molar-refractivity contribution in [2.75, 3.05) is 5.32 Å². The molecule has 1 N–H and O–H groups in total. The van der Waals surface area contributed by atoms with Crippen LogP contribution in [-0.2, 0) is 6.54 Å². The number of nitrogens with zero attached hydrogens (tertiary/aromatic N) is 1. The predicted octanol–water partition coefficient (Wildman–Crippen LogP) is 4.64. The van der Waals surface area contributed by atoms with E-state index in [4.69, 9.17) is 11.6 Å². The first-order valence-corrected chi connectivity index (χ1v) is 6.63. The maximum atomic E-state index is 13.6. The minimum atomic E-state index is -0.207. The average Bonchev–Trinajstić information content (AvgIpc) is 2.46. The summed E-state index contributed by atoms with van der Waals surface area (Å²) in [6.45, 7) is 0.425. The molecule has 100 valence electrons. The van der Waals surface area contributed by atoms with Crippen molar-refractivity contribution in [3.8, 4) is 0 Å². The van der Waals surface area contributed by atoms with Gasteiger partial charge in [0.2, 0.25) is 0 Å². The van der Waals surface area contributed by atoms with Gasteiger partial charge in [-0.05, 0) is 30.3 Å². The third-order valence-electron chi connectivity index (χ3n) is 3.13. The smallest absolute Gasteiger partial charge is 0.128 e. The SMILES string of the molecule is Fc1ccccc1CNc1ccnc2cc(Cl)ccc12. The zero-order chi connectivity index (χ0) is 13.9. The second kappa shape index (κ2) is 5.47. The normalized spacial score (nSPS) is 10.7. The van der Waals surface area contributed by atoms with E-state index in [1.807, 2.05) is 30.3 Å². The van der Waals surface area contributed by atoms with E-state index in [-0.39, 0.29) is 5.82 Å². The molecule has 0 aliphatic rings. The van der Waals surface area contributed by atoms with Crippen molar-refractivity contribution in [2.24, 2.45) is 0 Å². The van der Waals surface area contributed by atoms with Crippen molar-refractivity contribution < 1.29 is 4.39 Å². The first-order valence-electron chi connectivity index (χ1n) is 6.25. The summed E-state index contributed by atoms with van der Waals surface area (Å²) in [4.78, 5) is 4.28. The molecule has 4 heteroatoms. The first kappa shape index (κ1) is 12.9. The summed E-state index contributed by atoms with van der Waals surface area (Å²) < 4.78 is 13.6. The summed E-state index contributed by atoms with van der Waals surface area (Å²) in [6, 6.07) is 14.1. The van der Waals surface area contributed by atoms with Gasteiger partial charge in [-0.25, -0.2) is 4.39 Å². The van der Waals surface area contributed by atoms with E-state index in [0.717, 1.165) is 16.6 Å². The van der Waals surface area contributed by atoms with Crippen molar-refractivity contribution in [3.05, 3.63) is 71.1 Å². The van der Waals surface area contributed by atoms with Crippen molar-refractivity contribution in [1.82, 2.24) is 4.98 Å². The van der Waals surface area contributed by atoms with Crippen LogP contribution in [0.4, 0.5) is 10.1 Å². The molecule has 0 aliphatic carbocycles. The topological polar surface area (TPSA) is 24.9 Å². The van der Waals surface area contributed by atoms with Crippen molar-refractivity contribution >= 4 is 28.2 Å². The molecule has 0 radical (unpaired) electrons. The number of anilines is 1. The van der Waals surface area contributed by atoms with Gasteiger partial charge >= 0.3 is 0 Å². The lowest BCUT2D eigenvalue weighted by atomic mass is 10.1. The molecular weight excluding hydrogens is 275 g/mol. The minimum Gasteiger partial charge on any atom is -0.380 e. The lowest BCUT2D eigenvalue weighted by Crippen LogP contribution is -2.02. The number of hydrogen-bond donors (Lipinski definition) is 1. The number of aromatic nitrogens is 1. The van der Waals surface area contributed by atoms with Crippen LogP contribution in [0, 0.1) is 5.82 Å². The molecule has 0 atom stereocenters. The zero-order valence-corrected chi connectivity index (χ0v) is 11.4. The van der Waals surface area contributed by atoms with Gasteiger partial charge in [-0.3, -0.25) is 4.98 Å². The Kier molecular flexibility index (Phi) is 3.52. The molecule has 0 unspecified atom stereocenters. The molecule has 0 bridgehead atoms. The van der Waals surface area contributed by atoms with Gasteiger partial charge in [0.05, 0.1) is 5.52 Å². The largest absolute Gasteiger partial charge is 0.380 e. The Balaban J connectivity index is 1.90. The zero-order valence-electron chi connectivity index (χ0n) is 10.6. The highest BCUT2D eigenvalue weighted by Gasteiger charge is 2.04. The maximum Gasteiger partial charge on any atom is 0.128 e. The molecule has 0 spiro atoms. The second-order valence-electron chi connectivity index (χ2n) is 4.46. The first-order chi connectivity index (χ1) is 9.74. The van der Waals surface area contributed by atoms with Crippen LogP contribution in [-0.4, -0.2) is 4.98 Å². The van der Waals surface area contributed by atoms with Crippen molar-refractivity contribution in [1.29, 1.82) is 0 Å². The van der Waals surface area contributed by atoms with Gasteiger partial charge < -0.3 is 5.32 Å². The van der Waals surface area contributed by atoms with Gasteiger partial charge in [-0.15, -0.1) is 0 Å². The van der Waals surface area contributed by atoms with Gasteiger partial charge in [-0.1, -0.05) is 29.8 Å². The van der Waals surface area contributed by atoms with Crippen LogP contribution < -0.4 is 5.32 Å². The molecule has 3 rings (SSSR count). The molecule has 1 heterocycles. The summed E-state index contributed by atoms with van der Waals surface area (Å²) in [6.07, 6.45) is 1.71. The molecule has 2 nitrogen and oxygen atoms in total. The molecule has 1 aromatic heterocycles. The van der Waals surface area contributed by atoms with E-state index in [0.29, 0.717) is 17.1 Å². The lowest BCUT2D eigenvalue weighted by molar-refractivity contribution is 0.613. The van der Waals surface area contributed by atoms with E-state index in [2.05, 4.69) is 10.3 Å². The van der Waals surface area contributed by atoms with E-state index in [1.165, 1.54) is 6.07 Å².